The minimum Gasteiger partial charge on any atom is -0.493 e. The maximum absolute atomic E-state index is 13.1. The van der Waals surface area contributed by atoms with Crippen LogP contribution in [0.1, 0.15) is 127 Å². The van der Waals surface area contributed by atoms with Gasteiger partial charge in [-0.25, -0.2) is 9.97 Å². The minimum absolute atomic E-state index is 0.0347. The van der Waals surface area contributed by atoms with Crippen LogP contribution in [-0.2, 0) is 16.1 Å². The summed E-state index contributed by atoms with van der Waals surface area (Å²) in [6.07, 6.45) is 12.3. The molecular formula is C49H59N7O6S. The second-order valence-electron chi connectivity index (χ2n) is 16.5. The average molecular weight is 874 g/mol. The predicted molar refractivity (Wildman–Crippen MR) is 249 cm³/mol. The zero-order valence-electron chi connectivity index (χ0n) is 36.8. The summed E-state index contributed by atoms with van der Waals surface area (Å²) in [6, 6.07) is 19.0. The predicted octanol–water partition coefficient (Wildman–Crippen LogP) is 9.36. The number of aryl methyl sites for hydroxylation is 1. The van der Waals surface area contributed by atoms with Crippen molar-refractivity contribution in [3.8, 4) is 22.6 Å². The van der Waals surface area contributed by atoms with Crippen molar-refractivity contribution in [2.24, 2.45) is 0 Å². The number of hydrogen-bond acceptors (Lipinski definition) is 12. The van der Waals surface area contributed by atoms with Gasteiger partial charge in [0.15, 0.2) is 11.5 Å². The van der Waals surface area contributed by atoms with Crippen molar-refractivity contribution < 1.29 is 28.7 Å². The standard InChI is InChI=1S/C49H59N7O6S/c1-31(52-46-39-27-42(61-3)43(62-4)28-40(39)53-32(2)54-46)44-25-34(30-63-44)36-18-14-13-17-33(36)29-50-23-15-11-9-7-5-6-8-10-12-16-24-51-35-19-20-37-38(26-35)49(60)56(48(37)59)41-21-22-45(57)55-47(41)58/h13-14,17-20,25-28,30-31,41,50-51H,5-12,15-16,21-24,29H2,1-4H3,(H,52,53,54)(H,55,57,58)/t31-,41?/m1/s1. The molecule has 5 aromatic rings. The molecule has 14 heteroatoms. The van der Waals surface area contributed by atoms with Gasteiger partial charge < -0.3 is 25.4 Å². The molecule has 0 radical (unpaired) electrons. The van der Waals surface area contributed by atoms with E-state index in [1.807, 2.05) is 19.1 Å². The number of nitrogens with zero attached hydrogens (tertiary/aromatic N) is 3. The molecule has 0 spiro atoms. The molecule has 63 heavy (non-hydrogen) atoms. The van der Waals surface area contributed by atoms with Crippen LogP contribution in [0.5, 0.6) is 11.5 Å². The van der Waals surface area contributed by atoms with Crippen molar-refractivity contribution in [1.82, 2.24) is 25.5 Å². The van der Waals surface area contributed by atoms with Gasteiger partial charge >= 0.3 is 0 Å². The highest BCUT2D eigenvalue weighted by Gasteiger charge is 2.44. The Balaban J connectivity index is 0.748. The first-order chi connectivity index (χ1) is 30.6. The van der Waals surface area contributed by atoms with Crippen molar-refractivity contribution in [3.05, 3.63) is 93.4 Å². The fourth-order valence-corrected chi connectivity index (χ4v) is 9.38. The Hall–Kier alpha value is -5.86. The first kappa shape index (κ1) is 45.2. The first-order valence-corrected chi connectivity index (χ1v) is 23.2. The zero-order chi connectivity index (χ0) is 44.3. The number of ether oxygens (including phenoxy) is 2. The van der Waals surface area contributed by atoms with E-state index >= 15 is 0 Å². The SMILES string of the molecule is COc1cc2nc(C)nc(N[C@H](C)c3cc(-c4ccccc4CNCCCCCCCCCCCCNc4ccc5c(c4)C(=O)N(C4CCC(=O)NC4=O)C5=O)cs3)c2cc1OC. The van der Waals surface area contributed by atoms with Crippen molar-refractivity contribution >= 4 is 57.4 Å². The van der Waals surface area contributed by atoms with Crippen LogP contribution in [0.2, 0.25) is 0 Å². The number of amides is 4. The lowest BCUT2D eigenvalue weighted by Gasteiger charge is -2.27. The van der Waals surface area contributed by atoms with E-state index in [0.717, 1.165) is 59.8 Å². The number of thiophene rings is 1. The third kappa shape index (κ3) is 11.0. The molecule has 0 bridgehead atoms. The summed E-state index contributed by atoms with van der Waals surface area (Å²) in [5.41, 5.74) is 5.96. The number of piperidine rings is 1. The molecule has 13 nitrogen and oxygen atoms in total. The van der Waals surface area contributed by atoms with Crippen molar-refractivity contribution in [2.75, 3.05) is 37.9 Å². The van der Waals surface area contributed by atoms with Gasteiger partial charge in [-0.3, -0.25) is 29.4 Å². The number of methoxy groups -OCH3 is 2. The van der Waals surface area contributed by atoms with Crippen LogP contribution in [0, 0.1) is 6.92 Å². The maximum Gasteiger partial charge on any atom is 0.262 e. The maximum atomic E-state index is 13.1. The van der Waals surface area contributed by atoms with E-state index < -0.39 is 23.8 Å². The Morgan fingerprint density at radius 3 is 2.21 bits per heavy atom. The zero-order valence-corrected chi connectivity index (χ0v) is 37.6. The van der Waals surface area contributed by atoms with Crippen LogP contribution in [0.3, 0.4) is 0 Å². The van der Waals surface area contributed by atoms with Gasteiger partial charge in [0.25, 0.3) is 11.8 Å². The van der Waals surface area contributed by atoms with Crippen LogP contribution in [-0.4, -0.2) is 71.8 Å². The Morgan fingerprint density at radius 2 is 1.48 bits per heavy atom. The van der Waals surface area contributed by atoms with E-state index in [0.29, 0.717) is 28.5 Å². The Labute approximate surface area is 373 Å². The number of carbonyl (C=O) groups is 4. The van der Waals surface area contributed by atoms with E-state index in [2.05, 4.69) is 68.9 Å². The number of unbranched alkanes of at least 4 members (excludes halogenated alkanes) is 9. The molecule has 4 N–H and O–H groups in total. The van der Waals surface area contributed by atoms with Gasteiger partial charge in [0, 0.05) is 41.5 Å². The molecule has 2 aliphatic heterocycles. The Kier molecular flexibility index (Phi) is 15.4. The normalized spacial score (nSPS) is 15.4. The van der Waals surface area contributed by atoms with E-state index in [1.54, 1.807) is 43.8 Å². The van der Waals surface area contributed by atoms with E-state index in [4.69, 9.17) is 14.5 Å². The van der Waals surface area contributed by atoms with E-state index in [9.17, 15) is 19.2 Å². The van der Waals surface area contributed by atoms with Crippen LogP contribution in [0.15, 0.2) is 66.0 Å². The van der Waals surface area contributed by atoms with Crippen LogP contribution in [0.4, 0.5) is 11.5 Å². The largest absolute Gasteiger partial charge is 0.493 e. The Bertz CT molecular complexity index is 2430. The van der Waals surface area contributed by atoms with Gasteiger partial charge in [0.1, 0.15) is 17.7 Å². The summed E-state index contributed by atoms with van der Waals surface area (Å²) in [7, 11) is 3.26. The molecule has 332 valence electrons. The lowest BCUT2D eigenvalue weighted by molar-refractivity contribution is -0.136. The quantitative estimate of drug-likeness (QED) is 0.0365. The van der Waals surface area contributed by atoms with E-state index in [1.165, 1.54) is 72.9 Å². The summed E-state index contributed by atoms with van der Waals surface area (Å²) in [5.74, 6) is 0.779. The molecule has 1 saturated heterocycles. The van der Waals surface area contributed by atoms with E-state index in [-0.39, 0.29) is 24.8 Å². The van der Waals surface area contributed by atoms with Gasteiger partial charge in [-0.1, -0.05) is 75.6 Å². The molecule has 2 aromatic heterocycles. The molecule has 2 atom stereocenters. The number of aromatic nitrogens is 2. The van der Waals surface area contributed by atoms with Crippen molar-refractivity contribution in [3.63, 3.8) is 0 Å². The topological polar surface area (TPSA) is 164 Å². The Morgan fingerprint density at radius 1 is 0.794 bits per heavy atom. The van der Waals surface area contributed by atoms with Gasteiger partial charge in [-0.2, -0.15) is 0 Å². The number of nitrogens with one attached hydrogen (secondary N) is 4. The number of carbonyl (C=O) groups excluding carboxylic acids is 4. The van der Waals surface area contributed by atoms with Crippen LogP contribution in [0.25, 0.3) is 22.0 Å². The summed E-state index contributed by atoms with van der Waals surface area (Å²) < 4.78 is 11.1. The first-order valence-electron chi connectivity index (χ1n) is 22.3. The highest BCUT2D eigenvalue weighted by molar-refractivity contribution is 7.10. The fourth-order valence-electron chi connectivity index (χ4n) is 8.46. The van der Waals surface area contributed by atoms with Crippen molar-refractivity contribution in [2.45, 2.75) is 110 Å². The van der Waals surface area contributed by atoms with Gasteiger partial charge in [-0.15, -0.1) is 11.3 Å². The molecule has 4 amide bonds. The third-order valence-corrected chi connectivity index (χ3v) is 13.0. The number of benzene rings is 3. The molecular weight excluding hydrogens is 815 g/mol. The average Bonchev–Trinajstić information content (AvgIpc) is 3.87. The van der Waals surface area contributed by atoms with Gasteiger partial charge in [0.2, 0.25) is 11.8 Å². The summed E-state index contributed by atoms with van der Waals surface area (Å²) >= 11 is 1.75. The number of fused-ring (bicyclic) bond motifs is 2. The number of anilines is 2. The van der Waals surface area contributed by atoms with Crippen LogP contribution < -0.4 is 30.7 Å². The molecule has 1 fully saturated rings. The lowest BCUT2D eigenvalue weighted by Crippen LogP contribution is -2.54. The fraction of sp³-hybridized carbons (Fsp3) is 0.429. The lowest BCUT2D eigenvalue weighted by atomic mass is 10.0. The number of rotatable bonds is 23. The summed E-state index contributed by atoms with van der Waals surface area (Å²) in [6.45, 7) is 6.68. The summed E-state index contributed by atoms with van der Waals surface area (Å²) in [4.78, 5) is 61.5. The molecule has 0 saturated carbocycles. The molecule has 1 unspecified atom stereocenters. The number of hydrogen-bond donors (Lipinski definition) is 4. The van der Waals surface area contributed by atoms with Crippen LogP contribution >= 0.6 is 11.3 Å². The molecule has 3 aromatic carbocycles. The molecule has 4 heterocycles. The highest BCUT2D eigenvalue weighted by atomic mass is 32.1. The molecule has 0 aliphatic carbocycles. The smallest absolute Gasteiger partial charge is 0.262 e. The van der Waals surface area contributed by atoms with Gasteiger partial charge in [-0.05, 0) is 92.1 Å². The minimum atomic E-state index is -0.954. The summed E-state index contributed by atoms with van der Waals surface area (Å²) in [5, 5.41) is 16.1. The second-order valence-corrected chi connectivity index (χ2v) is 17.4. The van der Waals surface area contributed by atoms with Crippen molar-refractivity contribution in [1.29, 1.82) is 0 Å². The highest BCUT2D eigenvalue weighted by Crippen LogP contribution is 2.37. The second kappa shape index (κ2) is 21.5. The molecule has 7 rings (SSSR count). The van der Waals surface area contributed by atoms with Gasteiger partial charge in [0.05, 0.1) is 36.9 Å². The number of imide groups is 2. The monoisotopic (exact) mass is 873 g/mol. The molecule has 2 aliphatic rings. The third-order valence-electron chi connectivity index (χ3n) is 11.9.